The Hall–Kier alpha value is -2.99. The van der Waals surface area contributed by atoms with E-state index in [1.54, 1.807) is 12.3 Å². The van der Waals surface area contributed by atoms with Gasteiger partial charge in [-0.1, -0.05) is 36.4 Å². The largest absolute Gasteiger partial charge is 0.473 e. The second-order valence-corrected chi connectivity index (χ2v) is 6.73. The molecule has 0 saturated heterocycles. The van der Waals surface area contributed by atoms with Gasteiger partial charge in [0, 0.05) is 11.8 Å². The van der Waals surface area contributed by atoms with Crippen molar-refractivity contribution in [2.45, 2.75) is 5.92 Å². The zero-order chi connectivity index (χ0) is 17.9. The monoisotopic (exact) mass is 364 g/mol. The Bertz CT molecular complexity index is 952. The van der Waals surface area contributed by atoms with Crippen LogP contribution in [0, 0.1) is 0 Å². The van der Waals surface area contributed by atoms with Crippen molar-refractivity contribution in [1.29, 1.82) is 0 Å². The number of pyridine rings is 1. The molecule has 1 aliphatic heterocycles. The van der Waals surface area contributed by atoms with E-state index in [1.165, 1.54) is 18.4 Å². The minimum absolute atomic E-state index is 0.263. The molecular formula is C20H16N2O3S. The average Bonchev–Trinajstić information content (AvgIpc) is 3.03. The number of ether oxygens (including phenoxy) is 2. The summed E-state index contributed by atoms with van der Waals surface area (Å²) in [6.07, 6.45) is 3.47. The molecular weight excluding hydrogens is 348 g/mol. The summed E-state index contributed by atoms with van der Waals surface area (Å²) in [6, 6.07) is 15.6. The lowest BCUT2D eigenvalue weighted by Crippen LogP contribution is -2.14. The summed E-state index contributed by atoms with van der Waals surface area (Å²) < 4.78 is 10.8. The second kappa shape index (κ2) is 7.09. The Morgan fingerprint density at radius 3 is 2.73 bits per heavy atom. The van der Waals surface area contributed by atoms with E-state index in [2.05, 4.69) is 9.97 Å². The van der Waals surface area contributed by atoms with E-state index in [9.17, 15) is 4.79 Å². The van der Waals surface area contributed by atoms with E-state index in [4.69, 9.17) is 9.47 Å². The van der Waals surface area contributed by atoms with Gasteiger partial charge in [-0.25, -0.2) is 9.78 Å². The molecule has 2 aromatic heterocycles. The maximum Gasteiger partial charge on any atom is 0.334 e. The predicted molar refractivity (Wildman–Crippen MR) is 99.2 cm³/mol. The summed E-state index contributed by atoms with van der Waals surface area (Å²) in [5.41, 5.74) is 2.30. The van der Waals surface area contributed by atoms with Crippen molar-refractivity contribution in [2.24, 2.45) is 0 Å². The highest BCUT2D eigenvalue weighted by atomic mass is 32.1. The summed E-state index contributed by atoms with van der Waals surface area (Å²) in [4.78, 5) is 22.4. The number of carbonyl (C=O) groups excluding carboxylic acids is 1. The number of hydrogen-bond donors (Lipinski definition) is 0. The summed E-state index contributed by atoms with van der Waals surface area (Å²) in [7, 11) is 1.38. The standard InChI is InChI=1S/C20H16N2O3S/c1-24-20(23)14-10-12-25-18-17(16(14)15-9-5-6-11-21-15)26-19(22-18)13-7-3-2-4-8-13/h2-11,16H,12H2,1H3. The maximum atomic E-state index is 12.4. The van der Waals surface area contributed by atoms with Gasteiger partial charge in [0.15, 0.2) is 0 Å². The van der Waals surface area contributed by atoms with Gasteiger partial charge in [0.05, 0.1) is 29.2 Å². The van der Waals surface area contributed by atoms with Crippen LogP contribution in [-0.4, -0.2) is 29.7 Å². The van der Waals surface area contributed by atoms with Crippen molar-refractivity contribution >= 4 is 17.3 Å². The first-order chi connectivity index (χ1) is 12.8. The van der Waals surface area contributed by atoms with Crippen LogP contribution in [0.15, 0.2) is 66.4 Å². The number of esters is 1. The zero-order valence-electron chi connectivity index (χ0n) is 14.1. The molecule has 0 bridgehead atoms. The third-order valence-electron chi connectivity index (χ3n) is 4.14. The van der Waals surface area contributed by atoms with E-state index in [0.29, 0.717) is 11.5 Å². The summed E-state index contributed by atoms with van der Waals surface area (Å²) in [5.74, 6) is -0.206. The minimum atomic E-state index is -0.383. The molecule has 1 aromatic carbocycles. The predicted octanol–water partition coefficient (Wildman–Crippen LogP) is 3.83. The molecule has 3 aromatic rings. The molecule has 1 aliphatic rings. The first kappa shape index (κ1) is 16.5. The molecule has 5 nitrogen and oxygen atoms in total. The summed E-state index contributed by atoms with van der Waals surface area (Å²) in [6.45, 7) is 0.263. The molecule has 0 spiro atoms. The minimum Gasteiger partial charge on any atom is -0.473 e. The van der Waals surface area contributed by atoms with Gasteiger partial charge >= 0.3 is 5.97 Å². The molecule has 4 rings (SSSR count). The Labute approximate surface area is 155 Å². The third kappa shape index (κ3) is 2.99. The van der Waals surface area contributed by atoms with Crippen LogP contribution in [-0.2, 0) is 9.53 Å². The SMILES string of the molecule is COC(=O)C1=CCOc2nc(-c3ccccc3)sc2C1c1ccccn1. The quantitative estimate of drug-likeness (QED) is 0.661. The van der Waals surface area contributed by atoms with E-state index in [1.807, 2.05) is 48.5 Å². The van der Waals surface area contributed by atoms with Gasteiger partial charge in [-0.05, 0) is 18.2 Å². The molecule has 0 N–H and O–H groups in total. The number of methoxy groups -OCH3 is 1. The fourth-order valence-electron chi connectivity index (χ4n) is 2.94. The van der Waals surface area contributed by atoms with Crippen molar-refractivity contribution in [3.8, 4) is 16.5 Å². The molecule has 1 atom stereocenters. The second-order valence-electron chi connectivity index (χ2n) is 5.70. The van der Waals surface area contributed by atoms with E-state index in [-0.39, 0.29) is 18.5 Å². The van der Waals surface area contributed by atoms with Crippen LogP contribution >= 0.6 is 11.3 Å². The first-order valence-electron chi connectivity index (χ1n) is 8.16. The molecule has 1 unspecified atom stereocenters. The Balaban J connectivity index is 1.87. The van der Waals surface area contributed by atoms with Crippen LogP contribution in [0.1, 0.15) is 16.5 Å². The molecule has 3 heterocycles. The normalized spacial score (nSPS) is 16.0. The molecule has 0 radical (unpaired) electrons. The average molecular weight is 364 g/mol. The Morgan fingerprint density at radius 2 is 2.00 bits per heavy atom. The van der Waals surface area contributed by atoms with Gasteiger partial charge in [0.2, 0.25) is 5.88 Å². The van der Waals surface area contributed by atoms with Crippen LogP contribution < -0.4 is 4.74 Å². The first-order valence-corrected chi connectivity index (χ1v) is 8.98. The van der Waals surface area contributed by atoms with Crippen molar-refractivity contribution in [2.75, 3.05) is 13.7 Å². The van der Waals surface area contributed by atoms with Crippen LogP contribution in [0.5, 0.6) is 5.88 Å². The molecule has 130 valence electrons. The van der Waals surface area contributed by atoms with Crippen LogP contribution in [0.25, 0.3) is 10.6 Å². The van der Waals surface area contributed by atoms with Crippen LogP contribution in [0.4, 0.5) is 0 Å². The number of thiazole rings is 1. The number of hydrogen-bond acceptors (Lipinski definition) is 6. The van der Waals surface area contributed by atoms with Gasteiger partial charge in [-0.3, -0.25) is 4.98 Å². The van der Waals surface area contributed by atoms with E-state index < -0.39 is 0 Å². The van der Waals surface area contributed by atoms with Crippen LogP contribution in [0.2, 0.25) is 0 Å². The smallest absolute Gasteiger partial charge is 0.334 e. The lowest BCUT2D eigenvalue weighted by atomic mass is 9.93. The van der Waals surface area contributed by atoms with E-state index >= 15 is 0 Å². The fourth-order valence-corrected chi connectivity index (χ4v) is 4.09. The Kier molecular flexibility index (Phi) is 4.50. The highest BCUT2D eigenvalue weighted by molar-refractivity contribution is 7.15. The maximum absolute atomic E-state index is 12.4. The zero-order valence-corrected chi connectivity index (χ0v) is 14.9. The van der Waals surface area contributed by atoms with Crippen molar-refractivity contribution in [1.82, 2.24) is 9.97 Å². The number of nitrogens with zero attached hydrogens (tertiary/aromatic N) is 2. The van der Waals surface area contributed by atoms with Crippen molar-refractivity contribution in [3.63, 3.8) is 0 Å². The number of aromatic nitrogens is 2. The molecule has 0 amide bonds. The van der Waals surface area contributed by atoms with Crippen molar-refractivity contribution < 1.29 is 14.3 Å². The lowest BCUT2D eigenvalue weighted by Gasteiger charge is -2.15. The topological polar surface area (TPSA) is 61.3 Å². The van der Waals surface area contributed by atoms with E-state index in [0.717, 1.165) is 21.1 Å². The summed E-state index contributed by atoms with van der Waals surface area (Å²) in [5, 5.41) is 0.850. The lowest BCUT2D eigenvalue weighted by molar-refractivity contribution is -0.136. The highest BCUT2D eigenvalue weighted by Crippen LogP contribution is 2.44. The van der Waals surface area contributed by atoms with Gasteiger partial charge in [-0.15, -0.1) is 11.3 Å². The molecule has 26 heavy (non-hydrogen) atoms. The van der Waals surface area contributed by atoms with Gasteiger partial charge in [-0.2, -0.15) is 0 Å². The molecule has 0 fully saturated rings. The Morgan fingerprint density at radius 1 is 1.19 bits per heavy atom. The number of fused-ring (bicyclic) bond motifs is 1. The van der Waals surface area contributed by atoms with Crippen LogP contribution in [0.3, 0.4) is 0 Å². The third-order valence-corrected chi connectivity index (χ3v) is 5.29. The van der Waals surface area contributed by atoms with Gasteiger partial charge in [0.1, 0.15) is 11.6 Å². The van der Waals surface area contributed by atoms with Gasteiger partial charge < -0.3 is 9.47 Å². The highest BCUT2D eigenvalue weighted by Gasteiger charge is 2.33. The number of carbonyl (C=O) groups is 1. The molecule has 6 heteroatoms. The fraction of sp³-hybridized carbons (Fsp3) is 0.150. The van der Waals surface area contributed by atoms with Gasteiger partial charge in [0.25, 0.3) is 0 Å². The number of benzene rings is 1. The molecule has 0 saturated carbocycles. The number of rotatable bonds is 3. The van der Waals surface area contributed by atoms with Crippen molar-refractivity contribution in [3.05, 3.63) is 76.9 Å². The molecule has 0 aliphatic carbocycles. The summed E-state index contributed by atoms with van der Waals surface area (Å²) >= 11 is 1.51.